The number of hydrogen-bond donors (Lipinski definition) is 3. The summed E-state index contributed by atoms with van der Waals surface area (Å²) in [4.78, 5) is 10.3. The summed E-state index contributed by atoms with van der Waals surface area (Å²) >= 11 is 0. The largest absolute Gasteiger partial charge is 0.612 e. The molecule has 7 heteroatoms. The number of hydrazine groups is 1. The molecule has 0 spiro atoms. The zero-order valence-corrected chi connectivity index (χ0v) is 7.48. The van der Waals surface area contributed by atoms with Crippen molar-refractivity contribution in [3.63, 3.8) is 0 Å². The normalized spacial score (nSPS) is 18.7. The second-order valence-electron chi connectivity index (χ2n) is 2.88. The maximum absolute atomic E-state index is 10.8. The van der Waals surface area contributed by atoms with Gasteiger partial charge in [-0.05, 0) is 12.2 Å². The number of nitrogens with one attached hydrogen (secondary N) is 3. The smallest absolute Gasteiger partial charge is 0.339 e. The number of amides is 2. The van der Waals surface area contributed by atoms with Gasteiger partial charge in [0.05, 0.1) is 0 Å². The lowest BCUT2D eigenvalue weighted by Crippen LogP contribution is -2.25. The Labute approximate surface area is 84.6 Å². The van der Waals surface area contributed by atoms with Gasteiger partial charge in [-0.25, -0.2) is 4.79 Å². The van der Waals surface area contributed by atoms with Crippen LogP contribution >= 0.6 is 0 Å². The highest BCUT2D eigenvalue weighted by molar-refractivity contribution is 6.02. The van der Waals surface area contributed by atoms with Crippen molar-refractivity contribution in [2.45, 2.75) is 0 Å². The lowest BCUT2D eigenvalue weighted by atomic mass is 10.1. The first-order valence-electron chi connectivity index (χ1n) is 4.11. The molecular formula is C8H7N4O3-. The van der Waals surface area contributed by atoms with E-state index in [2.05, 4.69) is 16.2 Å². The molecule has 0 unspecified atom stereocenters. The van der Waals surface area contributed by atoms with Gasteiger partial charge in [-0.15, -0.1) is 0 Å². The molecule has 0 aromatic rings. The van der Waals surface area contributed by atoms with Crippen LogP contribution in [0.2, 0.25) is 0 Å². The number of rotatable bonds is 0. The van der Waals surface area contributed by atoms with Crippen LogP contribution in [0.4, 0.5) is 4.79 Å². The molecule has 0 radical (unpaired) electrons. The third-order valence-electron chi connectivity index (χ3n) is 1.91. The van der Waals surface area contributed by atoms with Crippen LogP contribution in [0.25, 0.3) is 0 Å². The molecule has 0 saturated carbocycles. The fraction of sp³-hybridized carbons (Fsp3) is 0. The molecule has 1 saturated heterocycles. The lowest BCUT2D eigenvalue weighted by molar-refractivity contribution is -0.377. The molecule has 1 fully saturated rings. The molecule has 1 aliphatic carbocycles. The summed E-state index contributed by atoms with van der Waals surface area (Å²) in [5.74, 6) is 0.481. The van der Waals surface area contributed by atoms with E-state index in [0.29, 0.717) is 11.4 Å². The summed E-state index contributed by atoms with van der Waals surface area (Å²) in [6.45, 7) is 0. The van der Waals surface area contributed by atoms with Crippen molar-refractivity contribution in [1.29, 1.82) is 0 Å². The van der Waals surface area contributed by atoms with E-state index in [4.69, 9.17) is 0 Å². The number of carbonyl (C=O) groups is 1. The molecule has 15 heavy (non-hydrogen) atoms. The van der Waals surface area contributed by atoms with Gasteiger partial charge >= 0.3 is 6.03 Å². The van der Waals surface area contributed by atoms with Crippen LogP contribution in [0.15, 0.2) is 35.7 Å². The van der Waals surface area contributed by atoms with Crippen molar-refractivity contribution in [1.82, 2.24) is 16.2 Å². The van der Waals surface area contributed by atoms with Gasteiger partial charge in [0, 0.05) is 17.7 Å². The monoisotopic (exact) mass is 207 g/mol. The van der Waals surface area contributed by atoms with Crippen LogP contribution in [0.1, 0.15) is 0 Å². The Morgan fingerprint density at radius 2 is 1.73 bits per heavy atom. The third kappa shape index (κ3) is 1.75. The lowest BCUT2D eigenvalue weighted by Gasteiger charge is -2.09. The molecule has 1 aliphatic heterocycles. The predicted octanol–water partition coefficient (Wildman–Crippen LogP) is -0.409. The molecule has 0 aromatic carbocycles. The molecule has 78 valence electrons. The Morgan fingerprint density at radius 3 is 2.20 bits per heavy atom. The van der Waals surface area contributed by atoms with Crippen LogP contribution in [-0.2, 0) is 0 Å². The van der Waals surface area contributed by atoms with E-state index >= 15 is 0 Å². The van der Waals surface area contributed by atoms with Crippen LogP contribution in [-0.4, -0.2) is 16.6 Å². The summed E-state index contributed by atoms with van der Waals surface area (Å²) in [6, 6.07) is -0.358. The van der Waals surface area contributed by atoms with Gasteiger partial charge in [0.2, 0.25) is 5.71 Å². The average molecular weight is 207 g/mol. The predicted molar refractivity (Wildman–Crippen MR) is 52.1 cm³/mol. The maximum Gasteiger partial charge on any atom is 0.339 e. The topological polar surface area (TPSA) is 102 Å². The zero-order chi connectivity index (χ0) is 10.8. The molecule has 0 atom stereocenters. The highest BCUT2D eigenvalue weighted by atomic mass is 16.8. The first-order chi connectivity index (χ1) is 7.16. The fourth-order valence-electron chi connectivity index (χ4n) is 1.19. The quantitative estimate of drug-likeness (QED) is 0.371. The SMILES string of the molecule is O=C1NNC(=C2C=CC(=[N+]([O-])[O-])C=C2)N1. The van der Waals surface area contributed by atoms with Gasteiger partial charge in [0.25, 0.3) is 0 Å². The van der Waals surface area contributed by atoms with E-state index in [1.165, 1.54) is 12.2 Å². The molecule has 2 aliphatic rings. The average Bonchev–Trinajstić information content (AvgIpc) is 2.65. The second-order valence-corrected chi connectivity index (χ2v) is 2.88. The summed E-state index contributed by atoms with van der Waals surface area (Å²) in [6.07, 6.45) is 5.84. The molecule has 1 heterocycles. The van der Waals surface area contributed by atoms with Gasteiger partial charge in [0.1, 0.15) is 5.82 Å². The van der Waals surface area contributed by atoms with Crippen LogP contribution in [0.3, 0.4) is 0 Å². The summed E-state index contributed by atoms with van der Waals surface area (Å²) in [5.41, 5.74) is 5.62. The molecular weight excluding hydrogens is 200 g/mol. The van der Waals surface area contributed by atoms with Gasteiger partial charge in [-0.2, -0.15) is 4.90 Å². The van der Waals surface area contributed by atoms with Crippen molar-refractivity contribution in [3.8, 4) is 0 Å². The van der Waals surface area contributed by atoms with E-state index in [9.17, 15) is 15.2 Å². The Balaban J connectivity index is 2.24. The fourth-order valence-corrected chi connectivity index (χ4v) is 1.19. The number of carbonyl (C=O) groups excluding carboxylic acids is 1. The molecule has 0 aromatic heterocycles. The van der Waals surface area contributed by atoms with Gasteiger partial charge in [0.15, 0.2) is 0 Å². The van der Waals surface area contributed by atoms with Crippen molar-refractivity contribution in [3.05, 3.63) is 46.1 Å². The van der Waals surface area contributed by atoms with E-state index in [1.54, 1.807) is 12.2 Å². The Kier molecular flexibility index (Phi) is 2.05. The highest BCUT2D eigenvalue weighted by Gasteiger charge is 2.16. The molecule has 0 bridgehead atoms. The minimum Gasteiger partial charge on any atom is -0.612 e. The molecule has 2 rings (SSSR count). The summed E-state index contributed by atoms with van der Waals surface area (Å²) in [7, 11) is 0. The molecule has 3 N–H and O–H groups in total. The van der Waals surface area contributed by atoms with Crippen LogP contribution in [0, 0.1) is 10.4 Å². The van der Waals surface area contributed by atoms with Crippen LogP contribution in [0.5, 0.6) is 0 Å². The van der Waals surface area contributed by atoms with E-state index in [-0.39, 0.29) is 11.7 Å². The highest BCUT2D eigenvalue weighted by Crippen LogP contribution is 2.10. The van der Waals surface area contributed by atoms with Gasteiger partial charge in [-0.1, -0.05) is 0 Å². The number of nitrogens with zero attached hydrogens (tertiary/aromatic N) is 1. The van der Waals surface area contributed by atoms with Crippen molar-refractivity contribution >= 4 is 11.7 Å². The third-order valence-corrected chi connectivity index (χ3v) is 1.91. The first kappa shape index (κ1) is 9.13. The second kappa shape index (κ2) is 3.37. The molecule has 2 amide bonds. The number of hydrogen-bond acceptors (Lipinski definition) is 4. The number of urea groups is 1. The zero-order valence-electron chi connectivity index (χ0n) is 7.48. The van der Waals surface area contributed by atoms with Gasteiger partial charge < -0.3 is 10.4 Å². The molecule has 7 nitrogen and oxygen atoms in total. The van der Waals surface area contributed by atoms with E-state index in [1.807, 2.05) is 0 Å². The van der Waals surface area contributed by atoms with E-state index < -0.39 is 4.90 Å². The standard InChI is InChI=1S/C8H7N4O3/c13-8-9-7(10-11-8)5-1-3-6(4-2-5)12(14)15/h1-4,10H,(H2-,9,11,13,14,15)/q-1. The van der Waals surface area contributed by atoms with Crippen molar-refractivity contribution in [2.24, 2.45) is 0 Å². The first-order valence-corrected chi connectivity index (χ1v) is 4.11. The minimum absolute atomic E-state index is 0.0108. The maximum atomic E-state index is 10.8. The van der Waals surface area contributed by atoms with Crippen molar-refractivity contribution in [2.75, 3.05) is 0 Å². The Bertz CT molecular complexity index is 411. The summed E-state index contributed by atoms with van der Waals surface area (Å²) < 4.78 is 0. The minimum atomic E-state index is -0.479. The van der Waals surface area contributed by atoms with Crippen LogP contribution < -0.4 is 16.2 Å². The Morgan fingerprint density at radius 1 is 1.07 bits per heavy atom. The van der Waals surface area contributed by atoms with Crippen molar-refractivity contribution < 1.29 is 9.70 Å². The number of allylic oxidation sites excluding steroid dienone is 5. The van der Waals surface area contributed by atoms with Gasteiger partial charge in [-0.3, -0.25) is 16.2 Å². The summed E-state index contributed by atoms with van der Waals surface area (Å²) in [5, 5.41) is 23.3. The Hall–Kier alpha value is -2.44. The van der Waals surface area contributed by atoms with E-state index in [0.717, 1.165) is 0 Å².